The lowest BCUT2D eigenvalue weighted by molar-refractivity contribution is -0.143. The van der Waals surface area contributed by atoms with Crippen LogP contribution in [0.5, 0.6) is 0 Å². The maximum absolute atomic E-state index is 12.9. The number of ether oxygens (including phenoxy) is 1. The molecule has 3 atom stereocenters. The molecule has 2 saturated heterocycles. The third-order valence-corrected chi connectivity index (χ3v) is 5.31. The summed E-state index contributed by atoms with van der Waals surface area (Å²) in [5.41, 5.74) is -2.80. The Labute approximate surface area is 152 Å². The fourth-order valence-electron chi connectivity index (χ4n) is 3.91. The molecule has 1 N–H and O–H groups in total. The molecule has 2 aliphatic heterocycles. The van der Waals surface area contributed by atoms with Crippen LogP contribution in [0.25, 0.3) is 0 Å². The number of aliphatic hydroxyl groups is 1. The Hall–Kier alpha value is -1.32. The zero-order chi connectivity index (χ0) is 19.8. The van der Waals surface area contributed by atoms with Crippen LogP contribution in [0.3, 0.4) is 0 Å². The van der Waals surface area contributed by atoms with Crippen LogP contribution in [0.2, 0.25) is 0 Å². The van der Waals surface area contributed by atoms with Crippen LogP contribution in [0, 0.1) is 5.92 Å². The van der Waals surface area contributed by atoms with E-state index in [-0.39, 0.29) is 42.9 Å². The van der Waals surface area contributed by atoms with Crippen LogP contribution < -0.4 is 0 Å². The van der Waals surface area contributed by atoms with E-state index in [4.69, 9.17) is 4.74 Å². The standard InChI is InChI=1S/C18H21F6NO2/c19-17(20,21)13-3-12(4-14(6-13)18(22,23)24)10-27-16-7-15-5-11(9-26)1-2-25(15)8-16/h3-4,6,11,15-16,26H,1-2,5,7-10H2. The van der Waals surface area contributed by atoms with Crippen molar-refractivity contribution in [1.29, 1.82) is 0 Å². The van der Waals surface area contributed by atoms with Crippen LogP contribution in [0.1, 0.15) is 36.0 Å². The van der Waals surface area contributed by atoms with Gasteiger partial charge in [0.15, 0.2) is 0 Å². The number of alkyl halides is 6. The summed E-state index contributed by atoms with van der Waals surface area (Å²) in [6.07, 6.45) is -7.58. The number of hydrogen-bond acceptors (Lipinski definition) is 3. The van der Waals surface area contributed by atoms with Gasteiger partial charge in [0.25, 0.3) is 0 Å². The van der Waals surface area contributed by atoms with Gasteiger partial charge in [0, 0.05) is 19.2 Å². The van der Waals surface area contributed by atoms with Gasteiger partial charge in [0.2, 0.25) is 0 Å². The van der Waals surface area contributed by atoms with E-state index in [1.165, 1.54) is 0 Å². The van der Waals surface area contributed by atoms with Crippen LogP contribution in [0.4, 0.5) is 26.3 Å². The summed E-state index contributed by atoms with van der Waals surface area (Å²) in [5.74, 6) is 0.239. The van der Waals surface area contributed by atoms with E-state index in [2.05, 4.69) is 4.90 Å². The highest BCUT2D eigenvalue weighted by Crippen LogP contribution is 2.37. The first kappa shape index (κ1) is 20.4. The molecule has 0 radical (unpaired) electrons. The second-order valence-electron chi connectivity index (χ2n) is 7.30. The molecule has 3 nitrogen and oxygen atoms in total. The van der Waals surface area contributed by atoms with Gasteiger partial charge in [-0.05, 0) is 55.5 Å². The van der Waals surface area contributed by atoms with Crippen molar-refractivity contribution in [3.05, 3.63) is 34.9 Å². The molecule has 152 valence electrons. The summed E-state index contributed by atoms with van der Waals surface area (Å²) in [6, 6.07) is 1.78. The van der Waals surface area contributed by atoms with E-state index in [9.17, 15) is 31.4 Å². The van der Waals surface area contributed by atoms with Crippen molar-refractivity contribution in [3.8, 4) is 0 Å². The SMILES string of the molecule is OCC1CCN2CC(OCc3cc(C(F)(F)F)cc(C(F)(F)F)c3)CC2C1. The largest absolute Gasteiger partial charge is 0.416 e. The minimum absolute atomic E-state index is 0.119. The number of piperidine rings is 1. The first-order chi connectivity index (χ1) is 12.6. The topological polar surface area (TPSA) is 32.7 Å². The molecule has 0 aliphatic carbocycles. The van der Waals surface area contributed by atoms with E-state index >= 15 is 0 Å². The molecular weight excluding hydrogens is 376 g/mol. The van der Waals surface area contributed by atoms with Crippen molar-refractivity contribution in [2.24, 2.45) is 5.92 Å². The van der Waals surface area contributed by atoms with Crippen molar-refractivity contribution in [1.82, 2.24) is 4.90 Å². The maximum atomic E-state index is 12.9. The molecule has 1 aromatic carbocycles. The fourth-order valence-corrected chi connectivity index (χ4v) is 3.91. The van der Waals surface area contributed by atoms with Gasteiger partial charge in [0.05, 0.1) is 23.8 Å². The number of halogens is 6. The summed E-state index contributed by atoms with van der Waals surface area (Å²) in [6.45, 7) is 1.24. The van der Waals surface area contributed by atoms with Crippen LogP contribution in [-0.4, -0.2) is 41.8 Å². The molecule has 3 rings (SSSR count). The number of hydrogen-bond donors (Lipinski definition) is 1. The minimum atomic E-state index is -4.86. The molecule has 0 amide bonds. The second-order valence-corrected chi connectivity index (χ2v) is 7.30. The molecule has 0 bridgehead atoms. The number of aliphatic hydroxyl groups excluding tert-OH is 1. The summed E-state index contributed by atoms with van der Waals surface area (Å²) in [4.78, 5) is 2.21. The highest BCUT2D eigenvalue weighted by molar-refractivity contribution is 5.33. The number of nitrogens with zero attached hydrogens (tertiary/aromatic N) is 1. The van der Waals surface area contributed by atoms with Gasteiger partial charge in [-0.15, -0.1) is 0 Å². The van der Waals surface area contributed by atoms with Crippen molar-refractivity contribution in [2.45, 2.75) is 50.4 Å². The highest BCUT2D eigenvalue weighted by Gasteiger charge is 2.38. The van der Waals surface area contributed by atoms with Crippen molar-refractivity contribution < 1.29 is 36.2 Å². The van der Waals surface area contributed by atoms with E-state index in [0.717, 1.165) is 19.4 Å². The van der Waals surface area contributed by atoms with Gasteiger partial charge in [-0.1, -0.05) is 0 Å². The van der Waals surface area contributed by atoms with Gasteiger partial charge in [-0.25, -0.2) is 0 Å². The monoisotopic (exact) mass is 397 g/mol. The number of benzene rings is 1. The van der Waals surface area contributed by atoms with Gasteiger partial charge < -0.3 is 9.84 Å². The summed E-state index contributed by atoms with van der Waals surface area (Å²) < 4.78 is 83.1. The zero-order valence-corrected chi connectivity index (χ0v) is 14.5. The summed E-state index contributed by atoms with van der Waals surface area (Å²) in [7, 11) is 0. The van der Waals surface area contributed by atoms with Gasteiger partial charge in [0.1, 0.15) is 0 Å². The Kier molecular flexibility index (Phi) is 5.74. The molecule has 1 aromatic rings. The van der Waals surface area contributed by atoms with Gasteiger partial charge >= 0.3 is 12.4 Å². The molecule has 2 heterocycles. The first-order valence-corrected chi connectivity index (χ1v) is 8.81. The zero-order valence-electron chi connectivity index (χ0n) is 14.5. The second kappa shape index (κ2) is 7.60. The van der Waals surface area contributed by atoms with E-state index in [1.807, 2.05) is 0 Å². The normalized spacial score (nSPS) is 27.0. The summed E-state index contributed by atoms with van der Waals surface area (Å²) >= 11 is 0. The lowest BCUT2D eigenvalue weighted by Crippen LogP contribution is -2.39. The average molecular weight is 397 g/mol. The Morgan fingerprint density at radius 3 is 2.19 bits per heavy atom. The highest BCUT2D eigenvalue weighted by atomic mass is 19.4. The molecule has 0 spiro atoms. The van der Waals surface area contributed by atoms with E-state index in [0.29, 0.717) is 25.1 Å². The van der Waals surface area contributed by atoms with Crippen molar-refractivity contribution >= 4 is 0 Å². The molecule has 0 aromatic heterocycles. The third kappa shape index (κ3) is 4.94. The Balaban J connectivity index is 1.67. The third-order valence-electron chi connectivity index (χ3n) is 5.31. The van der Waals surface area contributed by atoms with Crippen molar-refractivity contribution in [3.63, 3.8) is 0 Å². The molecule has 2 aliphatic rings. The molecule has 9 heteroatoms. The van der Waals surface area contributed by atoms with Crippen LogP contribution in [-0.2, 0) is 23.7 Å². The number of rotatable bonds is 4. The Morgan fingerprint density at radius 1 is 1.00 bits per heavy atom. The lowest BCUT2D eigenvalue weighted by Gasteiger charge is -2.33. The smallest absolute Gasteiger partial charge is 0.396 e. The number of fused-ring (bicyclic) bond motifs is 1. The fraction of sp³-hybridized carbons (Fsp3) is 0.667. The van der Waals surface area contributed by atoms with Gasteiger partial charge in [-0.3, -0.25) is 4.90 Å². The predicted molar refractivity (Wildman–Crippen MR) is 84.8 cm³/mol. The molecule has 3 unspecified atom stereocenters. The molecule has 2 fully saturated rings. The summed E-state index contributed by atoms with van der Waals surface area (Å²) in [5, 5.41) is 9.28. The Morgan fingerprint density at radius 2 is 1.63 bits per heavy atom. The van der Waals surface area contributed by atoms with E-state index < -0.39 is 23.5 Å². The van der Waals surface area contributed by atoms with E-state index in [1.54, 1.807) is 0 Å². The van der Waals surface area contributed by atoms with Crippen LogP contribution in [0.15, 0.2) is 18.2 Å². The van der Waals surface area contributed by atoms with Crippen molar-refractivity contribution in [2.75, 3.05) is 19.7 Å². The quantitative estimate of drug-likeness (QED) is 0.777. The van der Waals surface area contributed by atoms with Crippen LogP contribution >= 0.6 is 0 Å². The van der Waals surface area contributed by atoms with Gasteiger partial charge in [-0.2, -0.15) is 26.3 Å². The maximum Gasteiger partial charge on any atom is 0.416 e. The molecule has 27 heavy (non-hydrogen) atoms. The predicted octanol–water partition coefficient (Wildman–Crippen LogP) is 4.09. The lowest BCUT2D eigenvalue weighted by atomic mass is 9.92. The Bertz CT molecular complexity index is 628. The minimum Gasteiger partial charge on any atom is -0.396 e. The molecule has 0 saturated carbocycles. The molecular formula is C18H21F6NO2. The first-order valence-electron chi connectivity index (χ1n) is 8.81. The average Bonchev–Trinajstić information content (AvgIpc) is 3.00.